The molecular formula is C19H30N4O11. The van der Waals surface area contributed by atoms with Crippen LogP contribution in [0, 0.1) is 0 Å². The maximum Gasteiger partial charge on any atom is 0.332 e. The molecule has 15 nitrogen and oxygen atoms in total. The molecule has 0 heterocycles. The van der Waals surface area contributed by atoms with Crippen molar-refractivity contribution in [1.82, 2.24) is 20.0 Å². The summed E-state index contributed by atoms with van der Waals surface area (Å²) in [7, 11) is 0. The zero-order valence-corrected chi connectivity index (χ0v) is 18.7. The lowest BCUT2D eigenvalue weighted by Gasteiger charge is -2.27. The van der Waals surface area contributed by atoms with E-state index in [1.165, 1.54) is 9.80 Å². The average molecular weight is 490 g/mol. The van der Waals surface area contributed by atoms with Crippen LogP contribution in [0.5, 0.6) is 0 Å². The Bertz CT molecular complexity index is 741. The van der Waals surface area contributed by atoms with Crippen molar-refractivity contribution in [1.29, 1.82) is 0 Å². The van der Waals surface area contributed by atoms with E-state index in [1.54, 1.807) is 6.92 Å². The fourth-order valence-corrected chi connectivity index (χ4v) is 2.67. The van der Waals surface area contributed by atoms with Crippen LogP contribution in [0.1, 0.15) is 6.92 Å². The van der Waals surface area contributed by atoms with Crippen LogP contribution in [0.4, 0.5) is 0 Å². The Balaban J connectivity index is 5.01. The van der Waals surface area contributed by atoms with Crippen LogP contribution in [0.2, 0.25) is 0 Å². The van der Waals surface area contributed by atoms with E-state index in [9.17, 15) is 28.8 Å². The number of ether oxygens (including phenoxy) is 1. The number of hydrogen-bond acceptors (Lipinski definition) is 10. The van der Waals surface area contributed by atoms with E-state index in [0.29, 0.717) is 0 Å². The van der Waals surface area contributed by atoms with Crippen molar-refractivity contribution in [3.63, 3.8) is 0 Å². The van der Waals surface area contributed by atoms with E-state index < -0.39 is 61.9 Å². The summed E-state index contributed by atoms with van der Waals surface area (Å²) in [5, 5.41) is 38.3. The normalized spacial score (nSPS) is 11.2. The van der Waals surface area contributed by atoms with Gasteiger partial charge in [0.1, 0.15) is 0 Å². The first-order chi connectivity index (χ1) is 15.9. The number of nitrogens with one attached hydrogen (secondary N) is 1. The Morgan fingerprint density at radius 3 is 1.47 bits per heavy atom. The molecule has 0 bridgehead atoms. The van der Waals surface area contributed by atoms with Crippen molar-refractivity contribution >= 4 is 35.8 Å². The maximum absolute atomic E-state index is 12.0. The first-order valence-corrected chi connectivity index (χ1v) is 10.1. The number of nitrogens with zero attached hydrogens (tertiary/aromatic N) is 3. The summed E-state index contributed by atoms with van der Waals surface area (Å²) < 4.78 is 4.65. The Morgan fingerprint density at radius 2 is 1.06 bits per heavy atom. The minimum absolute atomic E-state index is 0.000488. The molecule has 34 heavy (non-hydrogen) atoms. The first kappa shape index (κ1) is 30.4. The van der Waals surface area contributed by atoms with Crippen LogP contribution in [0.15, 0.2) is 12.3 Å². The third-order valence-electron chi connectivity index (χ3n) is 4.02. The number of carboxylic acid groups (broad SMARTS) is 4. The second-order valence-corrected chi connectivity index (χ2v) is 6.93. The fourth-order valence-electron chi connectivity index (χ4n) is 2.67. The molecular weight excluding hydrogens is 460 g/mol. The molecule has 0 aromatic carbocycles. The highest BCUT2D eigenvalue weighted by atomic mass is 16.5. The van der Waals surface area contributed by atoms with Gasteiger partial charge in [0.05, 0.1) is 39.3 Å². The zero-order chi connectivity index (χ0) is 26.1. The minimum Gasteiger partial charge on any atom is -0.480 e. The minimum atomic E-state index is -1.25. The van der Waals surface area contributed by atoms with Gasteiger partial charge in [-0.05, 0) is 6.92 Å². The maximum atomic E-state index is 12.0. The van der Waals surface area contributed by atoms with Gasteiger partial charge in [0.2, 0.25) is 5.91 Å². The molecule has 192 valence electrons. The van der Waals surface area contributed by atoms with E-state index >= 15 is 0 Å². The number of carbonyl (C=O) groups excluding carboxylic acids is 2. The molecule has 0 spiro atoms. The van der Waals surface area contributed by atoms with E-state index in [0.717, 1.165) is 17.2 Å². The molecule has 0 saturated carbocycles. The quantitative estimate of drug-likeness (QED) is 0.0929. The molecule has 0 aromatic rings. The second kappa shape index (κ2) is 17.0. The molecule has 0 atom stereocenters. The third-order valence-corrected chi connectivity index (χ3v) is 4.02. The van der Waals surface area contributed by atoms with Crippen molar-refractivity contribution < 1.29 is 53.9 Å². The lowest BCUT2D eigenvalue weighted by molar-refractivity contribution is -0.143. The molecule has 5 N–H and O–H groups in total. The topological polar surface area (TPSA) is 214 Å². The van der Waals surface area contributed by atoms with Crippen molar-refractivity contribution in [2.24, 2.45) is 0 Å². The molecule has 1 amide bonds. The summed E-state index contributed by atoms with van der Waals surface area (Å²) in [6.45, 7) is -0.833. The number of esters is 1. The van der Waals surface area contributed by atoms with Crippen molar-refractivity contribution in [2.45, 2.75) is 6.92 Å². The predicted molar refractivity (Wildman–Crippen MR) is 114 cm³/mol. The number of carbonyl (C=O) groups is 6. The number of carboxylic acids is 4. The summed E-state index contributed by atoms with van der Waals surface area (Å²) in [6, 6.07) is 0. The van der Waals surface area contributed by atoms with Gasteiger partial charge in [0.25, 0.3) is 0 Å². The molecule has 0 unspecified atom stereocenters. The highest BCUT2D eigenvalue weighted by Crippen LogP contribution is 1.97. The molecule has 0 aliphatic rings. The fraction of sp³-hybridized carbons (Fsp3) is 0.579. The monoisotopic (exact) mass is 490 g/mol. The van der Waals surface area contributed by atoms with Gasteiger partial charge < -0.3 is 30.5 Å². The number of rotatable bonds is 19. The first-order valence-electron chi connectivity index (χ1n) is 10.1. The van der Waals surface area contributed by atoms with Crippen LogP contribution < -0.4 is 5.32 Å². The molecule has 0 aliphatic heterocycles. The lowest BCUT2D eigenvalue weighted by atomic mass is 10.3. The van der Waals surface area contributed by atoms with Crippen molar-refractivity contribution in [3.05, 3.63) is 12.3 Å². The van der Waals surface area contributed by atoms with E-state index in [-0.39, 0.29) is 39.3 Å². The molecule has 0 fully saturated rings. The summed E-state index contributed by atoms with van der Waals surface area (Å²) in [4.78, 5) is 71.1. The SMILES string of the molecule is CCOC(=O)/C=C/NC(=O)CN(CCN(CCN(CC(=O)O)CC(=O)O)CC(=O)O)CC(=O)O. The van der Waals surface area contributed by atoms with Gasteiger partial charge in [-0.3, -0.25) is 38.7 Å². The summed E-state index contributed by atoms with van der Waals surface area (Å²) in [5.74, 6) is -6.22. The Hall–Kier alpha value is -3.56. The number of hydrogen-bond donors (Lipinski definition) is 5. The van der Waals surface area contributed by atoms with Gasteiger partial charge in [-0.25, -0.2) is 4.79 Å². The molecule has 0 aromatic heterocycles. The van der Waals surface area contributed by atoms with Crippen LogP contribution in [0.3, 0.4) is 0 Å². The average Bonchev–Trinajstić information content (AvgIpc) is 2.68. The van der Waals surface area contributed by atoms with Gasteiger partial charge >= 0.3 is 29.8 Å². The lowest BCUT2D eigenvalue weighted by Crippen LogP contribution is -2.46. The third kappa shape index (κ3) is 17.0. The second-order valence-electron chi connectivity index (χ2n) is 6.93. The molecule has 0 saturated heterocycles. The Kier molecular flexibility index (Phi) is 15.2. The highest BCUT2D eigenvalue weighted by Gasteiger charge is 2.19. The molecule has 0 rings (SSSR count). The van der Waals surface area contributed by atoms with Gasteiger partial charge in [-0.2, -0.15) is 0 Å². The number of amides is 1. The molecule has 15 heteroatoms. The van der Waals surface area contributed by atoms with E-state index in [4.69, 9.17) is 20.4 Å². The zero-order valence-electron chi connectivity index (χ0n) is 18.7. The van der Waals surface area contributed by atoms with Crippen LogP contribution in [-0.4, -0.2) is 136 Å². The van der Waals surface area contributed by atoms with Crippen LogP contribution in [0.25, 0.3) is 0 Å². The Labute approximate surface area is 195 Å². The van der Waals surface area contributed by atoms with Gasteiger partial charge in [0.15, 0.2) is 0 Å². The van der Waals surface area contributed by atoms with Gasteiger partial charge in [-0.15, -0.1) is 0 Å². The smallest absolute Gasteiger partial charge is 0.332 e. The summed E-state index contributed by atoms with van der Waals surface area (Å²) in [5.41, 5.74) is 0. The van der Waals surface area contributed by atoms with Crippen molar-refractivity contribution in [2.75, 3.05) is 65.5 Å². The standard InChI is InChI=1S/C19H30N4O11/c1-2-34-19(33)3-4-20-14(24)9-22(11-16(27)28)7-5-21(10-15(25)26)6-8-23(12-17(29)30)13-18(31)32/h3-4H,2,5-13H2,1H3,(H,20,24)(H,25,26)(H,27,28)(H,29,30)(H,31,32)/b4-3+. The van der Waals surface area contributed by atoms with Crippen LogP contribution in [-0.2, 0) is 33.5 Å². The van der Waals surface area contributed by atoms with Crippen LogP contribution >= 0.6 is 0 Å². The van der Waals surface area contributed by atoms with Crippen molar-refractivity contribution in [3.8, 4) is 0 Å². The predicted octanol–water partition coefficient (Wildman–Crippen LogP) is -2.58. The Morgan fingerprint density at radius 1 is 0.676 bits per heavy atom. The highest BCUT2D eigenvalue weighted by molar-refractivity contribution is 5.84. The molecule has 0 radical (unpaired) electrons. The largest absolute Gasteiger partial charge is 0.480 e. The summed E-state index contributed by atoms with van der Waals surface area (Å²) >= 11 is 0. The van der Waals surface area contributed by atoms with Gasteiger partial charge in [0, 0.05) is 38.5 Å². The number of aliphatic carboxylic acids is 4. The van der Waals surface area contributed by atoms with E-state index in [2.05, 4.69) is 10.1 Å². The molecule has 0 aliphatic carbocycles. The van der Waals surface area contributed by atoms with Gasteiger partial charge in [-0.1, -0.05) is 0 Å². The summed E-state index contributed by atoms with van der Waals surface area (Å²) in [6.07, 6.45) is 2.03. The van der Waals surface area contributed by atoms with E-state index in [1.807, 2.05) is 0 Å².